The maximum absolute atomic E-state index is 12.6. The van der Waals surface area contributed by atoms with Gasteiger partial charge in [-0.15, -0.1) is 0 Å². The van der Waals surface area contributed by atoms with Gasteiger partial charge in [-0.25, -0.2) is 9.59 Å². The van der Waals surface area contributed by atoms with Crippen LogP contribution in [0.2, 0.25) is 0 Å². The summed E-state index contributed by atoms with van der Waals surface area (Å²) in [5.74, 6) is -1.19. The topological polar surface area (TPSA) is 93.1 Å². The van der Waals surface area contributed by atoms with Gasteiger partial charge >= 0.3 is 11.9 Å². The molecule has 198 valence electrons. The minimum absolute atomic E-state index is 0.0164. The van der Waals surface area contributed by atoms with Crippen LogP contribution in [0.25, 0.3) is 0 Å². The summed E-state index contributed by atoms with van der Waals surface area (Å²) in [4.78, 5) is 24.9. The lowest BCUT2D eigenvalue weighted by Crippen LogP contribution is -2.25. The fourth-order valence-electron chi connectivity index (χ4n) is 4.13. The molecule has 0 aliphatic heterocycles. The molecule has 6 nitrogen and oxygen atoms in total. The number of phenolic OH excluding ortho intramolecular Hbond substituents is 2. The lowest BCUT2D eigenvalue weighted by Gasteiger charge is -2.18. The summed E-state index contributed by atoms with van der Waals surface area (Å²) in [6, 6.07) is 11.9. The van der Waals surface area contributed by atoms with Crippen molar-refractivity contribution in [1.82, 2.24) is 0 Å². The minimum atomic E-state index is -0.593. The van der Waals surface area contributed by atoms with Gasteiger partial charge in [-0.2, -0.15) is 0 Å². The molecule has 2 aromatic rings. The lowest BCUT2D eigenvalue weighted by atomic mass is 10.0. The Hall–Kier alpha value is -3.02. The Morgan fingerprint density at radius 3 is 1.67 bits per heavy atom. The number of rotatable bonds is 18. The van der Waals surface area contributed by atoms with Crippen LogP contribution in [0.4, 0.5) is 0 Å². The van der Waals surface area contributed by atoms with E-state index in [9.17, 15) is 19.8 Å². The third-order valence-corrected chi connectivity index (χ3v) is 6.22. The molecule has 6 heteroatoms. The van der Waals surface area contributed by atoms with Crippen LogP contribution >= 0.6 is 0 Å². The van der Waals surface area contributed by atoms with Crippen LogP contribution in [0, 0.1) is 0 Å². The number of hydrogen-bond donors (Lipinski definition) is 2. The van der Waals surface area contributed by atoms with Crippen LogP contribution in [0.3, 0.4) is 0 Å². The van der Waals surface area contributed by atoms with Crippen molar-refractivity contribution in [2.75, 3.05) is 6.61 Å². The van der Waals surface area contributed by atoms with Crippen molar-refractivity contribution in [3.8, 4) is 11.5 Å². The molecule has 0 amide bonds. The van der Waals surface area contributed by atoms with Gasteiger partial charge in [-0.3, -0.25) is 0 Å². The molecule has 0 aliphatic rings. The van der Waals surface area contributed by atoms with Gasteiger partial charge in [0.25, 0.3) is 0 Å². The largest absolute Gasteiger partial charge is 0.508 e. The first-order valence-corrected chi connectivity index (χ1v) is 13.5. The standard InChI is InChI=1S/C30H42O6/c1-2-3-4-5-6-7-8-9-10-11-12-13-20-28(36-30(34)25-17-15-19-27(32)22-25)23-35-29(33)24-16-14-18-26(31)21-24/h14-19,21-22,28,31-32H,2-13,20,23H2,1H3. The number of aromatic hydroxyl groups is 2. The van der Waals surface area contributed by atoms with Crippen LogP contribution in [0.15, 0.2) is 48.5 Å². The Labute approximate surface area is 215 Å². The van der Waals surface area contributed by atoms with E-state index in [1.165, 1.54) is 82.1 Å². The maximum atomic E-state index is 12.6. The van der Waals surface area contributed by atoms with Crippen molar-refractivity contribution in [1.29, 1.82) is 0 Å². The molecule has 0 fully saturated rings. The zero-order valence-corrected chi connectivity index (χ0v) is 21.6. The van der Waals surface area contributed by atoms with E-state index in [4.69, 9.17) is 9.47 Å². The zero-order valence-electron chi connectivity index (χ0n) is 21.6. The van der Waals surface area contributed by atoms with E-state index in [-0.39, 0.29) is 29.2 Å². The van der Waals surface area contributed by atoms with Crippen molar-refractivity contribution in [3.05, 3.63) is 59.7 Å². The monoisotopic (exact) mass is 498 g/mol. The first-order chi connectivity index (χ1) is 17.5. The highest BCUT2D eigenvalue weighted by atomic mass is 16.6. The van der Waals surface area contributed by atoms with Crippen LogP contribution in [-0.2, 0) is 9.47 Å². The predicted molar refractivity (Wildman–Crippen MR) is 141 cm³/mol. The van der Waals surface area contributed by atoms with E-state index < -0.39 is 18.0 Å². The van der Waals surface area contributed by atoms with Crippen molar-refractivity contribution in [2.24, 2.45) is 0 Å². The molecule has 0 radical (unpaired) electrons. The van der Waals surface area contributed by atoms with Crippen LogP contribution in [-0.4, -0.2) is 34.9 Å². The Balaban J connectivity index is 1.75. The Bertz CT molecular complexity index is 910. The molecular formula is C30H42O6. The fraction of sp³-hybridized carbons (Fsp3) is 0.533. The molecule has 1 atom stereocenters. The minimum Gasteiger partial charge on any atom is -0.508 e. The van der Waals surface area contributed by atoms with Gasteiger partial charge in [-0.05, 0) is 49.2 Å². The Morgan fingerprint density at radius 1 is 0.694 bits per heavy atom. The van der Waals surface area contributed by atoms with E-state index in [0.29, 0.717) is 6.42 Å². The highest BCUT2D eigenvalue weighted by Gasteiger charge is 2.19. The van der Waals surface area contributed by atoms with Crippen LogP contribution in [0.1, 0.15) is 111 Å². The second-order valence-corrected chi connectivity index (χ2v) is 9.40. The lowest BCUT2D eigenvalue weighted by molar-refractivity contribution is -0.00344. The molecule has 2 aromatic carbocycles. The number of phenols is 2. The maximum Gasteiger partial charge on any atom is 0.338 e. The molecule has 0 aliphatic carbocycles. The molecule has 2 rings (SSSR count). The molecular weight excluding hydrogens is 456 g/mol. The third-order valence-electron chi connectivity index (χ3n) is 6.22. The number of unbranched alkanes of at least 4 members (excludes halogenated alkanes) is 11. The summed E-state index contributed by atoms with van der Waals surface area (Å²) < 4.78 is 11.0. The van der Waals surface area contributed by atoms with Gasteiger partial charge in [0.2, 0.25) is 0 Å². The molecule has 0 bridgehead atoms. The number of carbonyl (C=O) groups excluding carboxylic acids is 2. The molecule has 1 unspecified atom stereocenters. The fourth-order valence-corrected chi connectivity index (χ4v) is 4.13. The SMILES string of the molecule is CCCCCCCCCCCCCCC(COC(=O)c1cccc(O)c1)OC(=O)c1cccc(O)c1. The second-order valence-electron chi connectivity index (χ2n) is 9.40. The normalized spacial score (nSPS) is 11.7. The van der Waals surface area contributed by atoms with Gasteiger partial charge in [0.15, 0.2) is 0 Å². The van der Waals surface area contributed by atoms with Crippen molar-refractivity contribution in [3.63, 3.8) is 0 Å². The van der Waals surface area contributed by atoms with Gasteiger partial charge in [0, 0.05) is 0 Å². The number of benzene rings is 2. The molecule has 0 heterocycles. The second kappa shape index (κ2) is 17.4. The Kier molecular flexibility index (Phi) is 14.1. The summed E-state index contributed by atoms with van der Waals surface area (Å²) in [5.41, 5.74) is 0.479. The van der Waals surface area contributed by atoms with Crippen LogP contribution < -0.4 is 0 Å². The first kappa shape index (κ1) is 29.2. The number of hydrogen-bond acceptors (Lipinski definition) is 6. The summed E-state index contributed by atoms with van der Waals surface area (Å²) >= 11 is 0. The summed E-state index contributed by atoms with van der Waals surface area (Å²) in [6.07, 6.45) is 14.8. The average Bonchev–Trinajstić information content (AvgIpc) is 2.87. The number of ether oxygens (including phenoxy) is 2. The first-order valence-electron chi connectivity index (χ1n) is 13.5. The smallest absolute Gasteiger partial charge is 0.338 e. The summed E-state index contributed by atoms with van der Waals surface area (Å²) in [7, 11) is 0. The van der Waals surface area contributed by atoms with Crippen LogP contribution in [0.5, 0.6) is 11.5 Å². The number of carbonyl (C=O) groups is 2. The van der Waals surface area contributed by atoms with E-state index in [0.717, 1.165) is 19.3 Å². The predicted octanol–water partition coefficient (Wildman–Crippen LogP) is 7.57. The van der Waals surface area contributed by atoms with Gasteiger partial charge in [0.1, 0.15) is 24.2 Å². The van der Waals surface area contributed by atoms with E-state index in [2.05, 4.69) is 6.92 Å². The summed E-state index contributed by atoms with van der Waals surface area (Å²) in [5, 5.41) is 19.2. The summed E-state index contributed by atoms with van der Waals surface area (Å²) in [6.45, 7) is 2.17. The quantitative estimate of drug-likeness (QED) is 0.163. The van der Waals surface area contributed by atoms with Gasteiger partial charge in [-0.1, -0.05) is 89.7 Å². The molecule has 2 N–H and O–H groups in total. The molecule has 0 aromatic heterocycles. The van der Waals surface area contributed by atoms with Crippen molar-refractivity contribution in [2.45, 2.75) is 96.5 Å². The van der Waals surface area contributed by atoms with E-state index in [1.807, 2.05) is 0 Å². The Morgan fingerprint density at radius 2 is 1.17 bits per heavy atom. The van der Waals surface area contributed by atoms with Crippen molar-refractivity contribution < 1.29 is 29.3 Å². The molecule has 0 saturated heterocycles. The van der Waals surface area contributed by atoms with Crippen molar-refractivity contribution >= 4 is 11.9 Å². The number of esters is 2. The average molecular weight is 499 g/mol. The van der Waals surface area contributed by atoms with Gasteiger partial charge in [0.05, 0.1) is 11.1 Å². The van der Waals surface area contributed by atoms with E-state index >= 15 is 0 Å². The molecule has 36 heavy (non-hydrogen) atoms. The van der Waals surface area contributed by atoms with E-state index in [1.54, 1.807) is 24.3 Å². The highest BCUT2D eigenvalue weighted by molar-refractivity contribution is 5.90. The highest BCUT2D eigenvalue weighted by Crippen LogP contribution is 2.18. The van der Waals surface area contributed by atoms with Gasteiger partial charge < -0.3 is 19.7 Å². The zero-order chi connectivity index (χ0) is 26.0. The molecule has 0 saturated carbocycles. The third kappa shape index (κ3) is 12.1. The molecule has 0 spiro atoms.